The summed E-state index contributed by atoms with van der Waals surface area (Å²) in [5.41, 5.74) is 2.77. The highest BCUT2D eigenvalue weighted by atomic mass is 19.4. The molecule has 1 saturated carbocycles. The number of fused-ring (bicyclic) bond motifs is 1. The second-order valence-corrected chi connectivity index (χ2v) is 12.3. The van der Waals surface area contributed by atoms with Crippen LogP contribution >= 0.6 is 0 Å². The Morgan fingerprint density at radius 2 is 1.91 bits per heavy atom. The molecule has 6 atom stereocenters. The van der Waals surface area contributed by atoms with Crippen LogP contribution < -0.4 is 10.6 Å². The van der Waals surface area contributed by atoms with Crippen molar-refractivity contribution in [2.45, 2.75) is 56.4 Å². The van der Waals surface area contributed by atoms with E-state index in [0.29, 0.717) is 11.6 Å². The molecule has 6 rings (SSSR count). The van der Waals surface area contributed by atoms with Crippen LogP contribution in [0.4, 0.5) is 13.2 Å². The minimum absolute atomic E-state index is 0.0261. The smallest absolute Gasteiger partial charge is 0.396 e. The molecular weight excluding hydrogens is 599 g/mol. The number of hydrogen-bond acceptors (Lipinski definition) is 7. The summed E-state index contributed by atoms with van der Waals surface area (Å²) in [6.07, 6.45) is 14.2. The molecule has 3 N–H and O–H groups in total. The van der Waals surface area contributed by atoms with E-state index < -0.39 is 31.2 Å². The highest BCUT2D eigenvalue weighted by molar-refractivity contribution is 5.82. The zero-order valence-electron chi connectivity index (χ0n) is 25.7. The molecule has 1 aromatic carbocycles. The summed E-state index contributed by atoms with van der Waals surface area (Å²) < 4.78 is 53.4. The van der Waals surface area contributed by atoms with Gasteiger partial charge in [0, 0.05) is 31.6 Å². The Labute approximate surface area is 267 Å². The highest BCUT2D eigenvalue weighted by Gasteiger charge is 2.47. The highest BCUT2D eigenvalue weighted by Crippen LogP contribution is 2.41. The molecule has 5 aliphatic rings. The van der Waals surface area contributed by atoms with Crippen LogP contribution in [0, 0.1) is 17.8 Å². The molecule has 3 heterocycles. The van der Waals surface area contributed by atoms with E-state index in [9.17, 15) is 23.1 Å². The molecule has 0 aromatic heterocycles. The Hall–Kier alpha value is -3.55. The van der Waals surface area contributed by atoms with E-state index in [1.165, 1.54) is 4.90 Å². The maximum Gasteiger partial charge on any atom is 0.411 e. The van der Waals surface area contributed by atoms with Crippen LogP contribution in [0.2, 0.25) is 0 Å². The summed E-state index contributed by atoms with van der Waals surface area (Å²) in [5.74, 6) is -0.420. The lowest BCUT2D eigenvalue weighted by Crippen LogP contribution is -2.67. The molecule has 246 valence electrons. The van der Waals surface area contributed by atoms with Gasteiger partial charge in [-0.25, -0.2) is 4.58 Å². The summed E-state index contributed by atoms with van der Waals surface area (Å²) in [6.45, 7) is -1.37. The van der Waals surface area contributed by atoms with Gasteiger partial charge in [0.05, 0.1) is 30.8 Å². The number of aliphatic hydroxyl groups excluding tert-OH is 1. The van der Waals surface area contributed by atoms with Crippen LogP contribution in [0.15, 0.2) is 90.8 Å². The van der Waals surface area contributed by atoms with Gasteiger partial charge in [-0.15, -0.1) is 0 Å². The maximum absolute atomic E-state index is 13.4. The maximum atomic E-state index is 13.4. The van der Waals surface area contributed by atoms with Crippen molar-refractivity contribution < 1.29 is 37.1 Å². The number of methoxy groups -OCH3 is 1. The first kappa shape index (κ1) is 32.4. The van der Waals surface area contributed by atoms with Crippen molar-refractivity contribution in [3.8, 4) is 0 Å². The Kier molecular flexibility index (Phi) is 9.90. The molecule has 5 unspecified atom stereocenters. The Morgan fingerprint density at radius 1 is 1.13 bits per heavy atom. The number of nitrogens with zero attached hydrogens (tertiary/aromatic N) is 3. The fourth-order valence-corrected chi connectivity index (χ4v) is 6.65. The molecule has 0 spiro atoms. The number of amides is 1. The third-order valence-corrected chi connectivity index (χ3v) is 8.99. The Bertz CT molecular complexity index is 1440. The molecule has 1 aromatic rings. The van der Waals surface area contributed by atoms with E-state index in [2.05, 4.69) is 45.9 Å². The Balaban J connectivity index is 1.38. The van der Waals surface area contributed by atoms with E-state index in [1.807, 2.05) is 47.5 Å². The Morgan fingerprint density at radius 3 is 2.59 bits per heavy atom. The van der Waals surface area contributed by atoms with Crippen LogP contribution in [0.25, 0.3) is 0 Å². The lowest BCUT2D eigenvalue weighted by molar-refractivity contribution is -0.473. The molecule has 0 radical (unpaired) electrons. The molecule has 3 aliphatic heterocycles. The van der Waals surface area contributed by atoms with Crippen molar-refractivity contribution >= 4 is 12.1 Å². The number of ether oxygens (including phenoxy) is 2. The third-order valence-electron chi connectivity index (χ3n) is 8.99. The quantitative estimate of drug-likeness (QED) is 0.314. The van der Waals surface area contributed by atoms with Crippen molar-refractivity contribution in [1.82, 2.24) is 20.4 Å². The molecule has 12 heteroatoms. The monoisotopic (exact) mass is 640 g/mol. The molecule has 2 fully saturated rings. The van der Waals surface area contributed by atoms with Gasteiger partial charge in [-0.2, -0.15) is 13.2 Å². The number of alkyl halides is 3. The second-order valence-electron chi connectivity index (χ2n) is 12.3. The minimum Gasteiger partial charge on any atom is -0.396 e. The van der Waals surface area contributed by atoms with Crippen molar-refractivity contribution in [2.75, 3.05) is 26.9 Å². The molecule has 1 saturated heterocycles. The first-order valence-electron chi connectivity index (χ1n) is 15.8. The van der Waals surface area contributed by atoms with Gasteiger partial charge in [-0.1, -0.05) is 54.6 Å². The van der Waals surface area contributed by atoms with Crippen molar-refractivity contribution in [3.05, 3.63) is 96.4 Å². The number of benzene rings is 1. The number of aliphatic hydroxyl groups is 1. The molecule has 46 heavy (non-hydrogen) atoms. The predicted molar refractivity (Wildman–Crippen MR) is 165 cm³/mol. The normalized spacial score (nSPS) is 28.4. The summed E-state index contributed by atoms with van der Waals surface area (Å²) >= 11 is 0. The fourth-order valence-electron chi connectivity index (χ4n) is 6.65. The number of carbonyl (C=O) groups is 1. The van der Waals surface area contributed by atoms with Crippen LogP contribution in [-0.4, -0.2) is 83.3 Å². The molecule has 1 amide bonds. The lowest BCUT2D eigenvalue weighted by Gasteiger charge is -2.42. The fraction of sp³-hybridized carbons (Fsp3) is 0.471. The van der Waals surface area contributed by atoms with Crippen molar-refractivity contribution in [2.24, 2.45) is 17.8 Å². The van der Waals surface area contributed by atoms with Crippen LogP contribution in [0.5, 0.6) is 0 Å². The molecular formula is C34H41F3N5O4+. The van der Waals surface area contributed by atoms with Gasteiger partial charge < -0.3 is 19.5 Å². The lowest BCUT2D eigenvalue weighted by atomic mass is 9.79. The van der Waals surface area contributed by atoms with E-state index in [1.54, 1.807) is 19.5 Å². The van der Waals surface area contributed by atoms with Gasteiger partial charge in [0.15, 0.2) is 19.0 Å². The summed E-state index contributed by atoms with van der Waals surface area (Å²) in [7, 11) is 1.55. The first-order valence-corrected chi connectivity index (χ1v) is 15.8. The van der Waals surface area contributed by atoms with E-state index in [4.69, 9.17) is 9.47 Å². The number of nitrogens with one attached hydrogen (secondary N) is 2. The standard InChI is InChI=1S/C34H41F3N5O4/c1-45-32-27(33(46-22-34(35,36)37)39-31(38-32)25-12-13-25)20-40-18-26-19-41(29(44)14-17-43)15-16-42(26)28(21-40)30(23-8-4-2-5-9-23)24-10-6-3-7-11-24/h2-10,15-16,18-19,21,24-25,27,30-33,38-39,43H,11-14,17,20,22H2,1H3/q+1/t24?,27?,30?,31?,32?,33-/m1/s1. The van der Waals surface area contributed by atoms with Crippen molar-refractivity contribution in [1.29, 1.82) is 0 Å². The zero-order valence-corrected chi connectivity index (χ0v) is 25.7. The van der Waals surface area contributed by atoms with Crippen LogP contribution in [0.1, 0.15) is 37.2 Å². The third kappa shape index (κ3) is 7.53. The summed E-state index contributed by atoms with van der Waals surface area (Å²) in [4.78, 5) is 16.3. The topological polar surface area (TPSA) is 89.3 Å². The minimum atomic E-state index is -4.48. The average molecular weight is 641 g/mol. The average Bonchev–Trinajstić information content (AvgIpc) is 3.91. The van der Waals surface area contributed by atoms with Gasteiger partial charge in [0.1, 0.15) is 24.8 Å². The number of rotatable bonds is 11. The number of carbonyl (C=O) groups excluding carboxylic acids is 1. The largest absolute Gasteiger partial charge is 0.411 e. The van der Waals surface area contributed by atoms with E-state index in [-0.39, 0.29) is 43.5 Å². The SMILES string of the molecule is COC1NC(C2CC2)N[C@H](OCC(F)(F)F)C1C[N+]1=CC2=CN(C(=O)CCO)C=CN2C(C(c2ccccc2)C2C=CC=CC2)=C1. The van der Waals surface area contributed by atoms with Gasteiger partial charge >= 0.3 is 6.18 Å². The number of halogens is 3. The molecule has 9 nitrogen and oxygen atoms in total. The molecule has 0 bridgehead atoms. The second kappa shape index (κ2) is 14.1. The van der Waals surface area contributed by atoms with Gasteiger partial charge in [0.25, 0.3) is 0 Å². The first-order chi connectivity index (χ1) is 22.2. The summed E-state index contributed by atoms with van der Waals surface area (Å²) in [6, 6.07) is 10.2. The van der Waals surface area contributed by atoms with Crippen molar-refractivity contribution in [3.63, 3.8) is 0 Å². The van der Waals surface area contributed by atoms with Gasteiger partial charge in [-0.05, 0) is 36.7 Å². The van der Waals surface area contributed by atoms with Gasteiger partial charge in [-0.3, -0.25) is 20.3 Å². The van der Waals surface area contributed by atoms with E-state index >= 15 is 0 Å². The van der Waals surface area contributed by atoms with E-state index in [0.717, 1.165) is 30.5 Å². The predicted octanol–water partition coefficient (Wildman–Crippen LogP) is 4.10. The van der Waals surface area contributed by atoms with Crippen LogP contribution in [-0.2, 0) is 14.3 Å². The number of hydrogen-bond donors (Lipinski definition) is 3. The van der Waals surface area contributed by atoms with Crippen LogP contribution in [0.3, 0.4) is 0 Å². The van der Waals surface area contributed by atoms with Gasteiger partial charge in [0.2, 0.25) is 5.91 Å². The zero-order chi connectivity index (χ0) is 32.3. The summed E-state index contributed by atoms with van der Waals surface area (Å²) in [5, 5.41) is 16.1. The number of allylic oxidation sites excluding steroid dienone is 6. The molecule has 2 aliphatic carbocycles.